The molecule has 36 heavy (non-hydrogen) atoms. The van der Waals surface area contributed by atoms with Crippen molar-refractivity contribution in [2.45, 2.75) is 25.9 Å². The second kappa shape index (κ2) is 9.91. The summed E-state index contributed by atoms with van der Waals surface area (Å²) in [5.41, 5.74) is 5.18. The summed E-state index contributed by atoms with van der Waals surface area (Å²) in [4.78, 5) is 34.6. The largest absolute Gasteiger partial charge is 0.494 e. The topological polar surface area (TPSA) is 89.0 Å². The fourth-order valence-corrected chi connectivity index (χ4v) is 5.00. The zero-order valence-corrected chi connectivity index (χ0v) is 21.1. The van der Waals surface area contributed by atoms with E-state index in [1.165, 1.54) is 11.8 Å². The highest BCUT2D eigenvalue weighted by molar-refractivity contribution is 7.99. The van der Waals surface area contributed by atoms with Crippen LogP contribution in [0.2, 0.25) is 0 Å². The Balaban J connectivity index is 1.53. The maximum Gasteiger partial charge on any atom is 0.283 e. The molecule has 0 bridgehead atoms. The number of benzene rings is 3. The molecule has 0 fully saturated rings. The molecule has 0 aliphatic carbocycles. The number of ether oxygens (including phenoxy) is 1. The van der Waals surface area contributed by atoms with Gasteiger partial charge in [0.15, 0.2) is 5.16 Å². The number of nitrogens with zero attached hydrogens (tertiary/aromatic N) is 2. The van der Waals surface area contributed by atoms with E-state index in [9.17, 15) is 9.59 Å². The Kier molecular flexibility index (Phi) is 6.52. The summed E-state index contributed by atoms with van der Waals surface area (Å²) in [6.45, 7) is 6.45. The molecule has 0 unspecified atom stereocenters. The number of aryl methyl sites for hydroxylation is 2. The third-order valence-corrected chi connectivity index (χ3v) is 6.83. The number of aromatic nitrogens is 3. The fraction of sp³-hybridized carbons (Fsp3) is 0.179. The molecular formula is C28H26N4O3S. The Bertz CT molecular complexity index is 1640. The Labute approximate surface area is 212 Å². The average Bonchev–Trinajstić information content (AvgIpc) is 3.25. The molecule has 0 aliphatic rings. The van der Waals surface area contributed by atoms with Crippen molar-refractivity contribution in [2.24, 2.45) is 0 Å². The lowest BCUT2D eigenvalue weighted by Crippen LogP contribution is -2.23. The maximum atomic E-state index is 13.7. The molecular weight excluding hydrogens is 472 g/mol. The van der Waals surface area contributed by atoms with Gasteiger partial charge >= 0.3 is 0 Å². The number of hydrogen-bond acceptors (Lipinski definition) is 5. The Morgan fingerprint density at radius 2 is 1.86 bits per heavy atom. The minimum Gasteiger partial charge on any atom is -0.494 e. The second-order valence-corrected chi connectivity index (χ2v) is 9.45. The van der Waals surface area contributed by atoms with E-state index in [0.29, 0.717) is 28.5 Å². The van der Waals surface area contributed by atoms with Gasteiger partial charge < -0.3 is 15.0 Å². The van der Waals surface area contributed by atoms with E-state index in [1.807, 2.05) is 87.5 Å². The van der Waals surface area contributed by atoms with Gasteiger partial charge in [0.25, 0.3) is 5.56 Å². The molecule has 2 heterocycles. The Morgan fingerprint density at radius 1 is 1.08 bits per heavy atom. The standard InChI is InChI=1S/C28H26N4O3S/c1-4-35-20-12-10-19(11-13-20)32-27(34)26-25(21-7-5-6-8-23(21)30-26)31-28(32)36-16-24(33)29-22-14-9-17(2)15-18(22)3/h5-15,30H,4,16H2,1-3H3,(H,29,33). The van der Waals surface area contributed by atoms with Crippen LogP contribution in [0.1, 0.15) is 18.1 Å². The molecule has 0 saturated carbocycles. The number of carbonyl (C=O) groups is 1. The third-order valence-electron chi connectivity index (χ3n) is 5.89. The molecule has 0 saturated heterocycles. The van der Waals surface area contributed by atoms with Crippen LogP contribution >= 0.6 is 11.8 Å². The predicted molar refractivity (Wildman–Crippen MR) is 146 cm³/mol. The van der Waals surface area contributed by atoms with Crippen molar-refractivity contribution < 1.29 is 9.53 Å². The Hall–Kier alpha value is -4.04. The number of amides is 1. The van der Waals surface area contributed by atoms with Crippen molar-refractivity contribution in [3.8, 4) is 11.4 Å². The minimum atomic E-state index is -0.224. The molecule has 0 aliphatic heterocycles. The molecule has 0 radical (unpaired) electrons. The first-order valence-corrected chi connectivity index (χ1v) is 12.7. The maximum absolute atomic E-state index is 13.7. The summed E-state index contributed by atoms with van der Waals surface area (Å²) in [5.74, 6) is 0.652. The minimum absolute atomic E-state index is 0.102. The van der Waals surface area contributed by atoms with Crippen LogP contribution in [-0.4, -0.2) is 32.8 Å². The summed E-state index contributed by atoms with van der Waals surface area (Å²) >= 11 is 1.23. The van der Waals surface area contributed by atoms with Gasteiger partial charge in [0.1, 0.15) is 16.8 Å². The van der Waals surface area contributed by atoms with Crippen molar-refractivity contribution in [1.29, 1.82) is 0 Å². The number of nitrogens with one attached hydrogen (secondary N) is 2. The molecule has 5 aromatic rings. The van der Waals surface area contributed by atoms with Crippen molar-refractivity contribution in [3.05, 3.63) is 88.2 Å². The molecule has 1 amide bonds. The predicted octanol–water partition coefficient (Wildman–Crippen LogP) is 5.61. The SMILES string of the molecule is CCOc1ccc(-n2c(SCC(=O)Nc3ccc(C)cc3C)nc3c([nH]c4ccccc43)c2=O)cc1. The van der Waals surface area contributed by atoms with Gasteiger partial charge in [0.2, 0.25) is 5.91 Å². The van der Waals surface area contributed by atoms with Crippen LogP contribution in [0.3, 0.4) is 0 Å². The van der Waals surface area contributed by atoms with E-state index in [4.69, 9.17) is 9.72 Å². The van der Waals surface area contributed by atoms with Gasteiger partial charge in [-0.05, 0) is 62.7 Å². The normalized spacial score (nSPS) is 11.2. The number of aromatic amines is 1. The summed E-state index contributed by atoms with van der Waals surface area (Å²) in [6.07, 6.45) is 0. The monoisotopic (exact) mass is 498 g/mol. The lowest BCUT2D eigenvalue weighted by atomic mass is 10.1. The molecule has 0 atom stereocenters. The first-order chi connectivity index (χ1) is 17.4. The van der Waals surface area contributed by atoms with Crippen LogP contribution in [-0.2, 0) is 4.79 Å². The second-order valence-electron chi connectivity index (χ2n) is 8.51. The summed E-state index contributed by atoms with van der Waals surface area (Å²) in [5, 5.41) is 4.27. The number of rotatable bonds is 7. The quantitative estimate of drug-likeness (QED) is 0.225. The molecule has 3 aromatic carbocycles. The van der Waals surface area contributed by atoms with E-state index in [0.717, 1.165) is 33.5 Å². The summed E-state index contributed by atoms with van der Waals surface area (Å²) in [7, 11) is 0. The van der Waals surface area contributed by atoms with Crippen LogP contribution < -0.4 is 15.6 Å². The van der Waals surface area contributed by atoms with Crippen molar-refractivity contribution >= 4 is 45.3 Å². The van der Waals surface area contributed by atoms with E-state index >= 15 is 0 Å². The molecule has 2 N–H and O–H groups in total. The zero-order chi connectivity index (χ0) is 25.2. The molecule has 5 rings (SSSR count). The lowest BCUT2D eigenvalue weighted by Gasteiger charge is -2.13. The number of hydrogen-bond donors (Lipinski definition) is 2. The van der Waals surface area contributed by atoms with E-state index in [1.54, 1.807) is 4.57 Å². The van der Waals surface area contributed by atoms with Crippen LogP contribution in [0, 0.1) is 13.8 Å². The summed E-state index contributed by atoms with van der Waals surface area (Å²) in [6, 6.07) is 20.9. The van der Waals surface area contributed by atoms with Gasteiger partial charge in [0, 0.05) is 16.6 Å². The van der Waals surface area contributed by atoms with Gasteiger partial charge in [-0.1, -0.05) is 47.7 Å². The highest BCUT2D eigenvalue weighted by Gasteiger charge is 2.18. The van der Waals surface area contributed by atoms with E-state index < -0.39 is 0 Å². The third kappa shape index (κ3) is 4.59. The highest BCUT2D eigenvalue weighted by atomic mass is 32.2. The van der Waals surface area contributed by atoms with E-state index in [2.05, 4.69) is 10.3 Å². The number of anilines is 1. The van der Waals surface area contributed by atoms with E-state index in [-0.39, 0.29) is 17.2 Å². The zero-order valence-electron chi connectivity index (χ0n) is 20.3. The smallest absolute Gasteiger partial charge is 0.283 e. The van der Waals surface area contributed by atoms with Crippen LogP contribution in [0.4, 0.5) is 5.69 Å². The number of thioether (sulfide) groups is 1. The Morgan fingerprint density at radius 3 is 2.61 bits per heavy atom. The van der Waals surface area contributed by atoms with Crippen LogP contribution in [0.25, 0.3) is 27.6 Å². The van der Waals surface area contributed by atoms with Gasteiger partial charge in [-0.15, -0.1) is 0 Å². The number of H-pyrrole nitrogens is 1. The first kappa shape index (κ1) is 23.7. The van der Waals surface area contributed by atoms with Crippen molar-refractivity contribution in [3.63, 3.8) is 0 Å². The van der Waals surface area contributed by atoms with Gasteiger partial charge in [-0.25, -0.2) is 4.98 Å². The molecule has 182 valence electrons. The van der Waals surface area contributed by atoms with Crippen molar-refractivity contribution in [1.82, 2.24) is 14.5 Å². The van der Waals surface area contributed by atoms with Crippen LogP contribution in [0.15, 0.2) is 76.7 Å². The molecule has 8 heteroatoms. The highest BCUT2D eigenvalue weighted by Crippen LogP contribution is 2.27. The molecule has 2 aromatic heterocycles. The van der Waals surface area contributed by atoms with Crippen molar-refractivity contribution in [2.75, 3.05) is 17.7 Å². The molecule has 0 spiro atoms. The number of para-hydroxylation sites is 1. The van der Waals surface area contributed by atoms with Gasteiger partial charge in [0.05, 0.1) is 18.0 Å². The number of fused-ring (bicyclic) bond motifs is 3. The molecule has 7 nitrogen and oxygen atoms in total. The first-order valence-electron chi connectivity index (χ1n) is 11.7. The average molecular weight is 499 g/mol. The fourth-order valence-electron chi connectivity index (χ4n) is 4.20. The van der Waals surface area contributed by atoms with Gasteiger partial charge in [-0.2, -0.15) is 0 Å². The lowest BCUT2D eigenvalue weighted by molar-refractivity contribution is -0.113. The number of carbonyl (C=O) groups excluding carboxylic acids is 1. The summed E-state index contributed by atoms with van der Waals surface area (Å²) < 4.78 is 7.10. The van der Waals surface area contributed by atoms with Crippen LogP contribution in [0.5, 0.6) is 5.75 Å². The van der Waals surface area contributed by atoms with Gasteiger partial charge in [-0.3, -0.25) is 14.2 Å².